The molecule has 0 aliphatic carbocycles. The first-order valence-electron chi connectivity index (χ1n) is 12.0. The maximum atomic E-state index is 12.8. The molecule has 7 nitrogen and oxygen atoms in total. The van der Waals surface area contributed by atoms with Gasteiger partial charge in [0.1, 0.15) is 0 Å². The van der Waals surface area contributed by atoms with Crippen molar-refractivity contribution in [2.24, 2.45) is 0 Å². The summed E-state index contributed by atoms with van der Waals surface area (Å²) in [4.78, 5) is 30.8. The number of carbonyl (C=O) groups is 2. The van der Waals surface area contributed by atoms with Gasteiger partial charge in [-0.3, -0.25) is 4.79 Å². The standard InChI is InChI=1S/C26H31ClN4O3/c1-19(32)31-16-17-34-26(31)12-15-30(18-26)24-8-6-23(7-9-24)28-25(33)29-13-10-21(11-14-29)20-2-4-22(27)5-3-20/h2-9,21H,10-18H2,1H3,(H,28,33). The summed E-state index contributed by atoms with van der Waals surface area (Å²) in [6.07, 6.45) is 2.70. The van der Waals surface area contributed by atoms with E-state index < -0.39 is 5.72 Å². The van der Waals surface area contributed by atoms with Gasteiger partial charge in [-0.15, -0.1) is 0 Å². The van der Waals surface area contributed by atoms with Crippen LogP contribution in [0.5, 0.6) is 0 Å². The molecule has 1 unspecified atom stereocenters. The molecule has 0 aromatic heterocycles. The van der Waals surface area contributed by atoms with Crippen LogP contribution in [0.2, 0.25) is 5.02 Å². The molecule has 3 amide bonds. The lowest BCUT2D eigenvalue weighted by Gasteiger charge is -2.33. The lowest BCUT2D eigenvalue weighted by Crippen LogP contribution is -2.49. The third-order valence-electron chi connectivity index (χ3n) is 7.38. The topological polar surface area (TPSA) is 65.1 Å². The lowest BCUT2D eigenvalue weighted by molar-refractivity contribution is -0.143. The lowest BCUT2D eigenvalue weighted by atomic mass is 9.89. The first-order chi connectivity index (χ1) is 16.4. The molecule has 2 aromatic carbocycles. The Kier molecular flexibility index (Phi) is 6.40. The fourth-order valence-electron chi connectivity index (χ4n) is 5.49. The van der Waals surface area contributed by atoms with Gasteiger partial charge < -0.3 is 24.8 Å². The molecule has 3 heterocycles. The number of ether oxygens (including phenoxy) is 1. The summed E-state index contributed by atoms with van der Waals surface area (Å²) in [6, 6.07) is 15.9. The van der Waals surface area contributed by atoms with E-state index in [2.05, 4.69) is 22.3 Å². The van der Waals surface area contributed by atoms with Crippen LogP contribution in [0.25, 0.3) is 0 Å². The minimum atomic E-state index is -0.503. The van der Waals surface area contributed by atoms with Crippen molar-refractivity contribution in [2.45, 2.75) is 37.8 Å². The first kappa shape index (κ1) is 23.0. The van der Waals surface area contributed by atoms with Crippen molar-refractivity contribution in [3.05, 3.63) is 59.1 Å². The summed E-state index contributed by atoms with van der Waals surface area (Å²) in [5.74, 6) is 0.529. The van der Waals surface area contributed by atoms with Crippen molar-refractivity contribution in [1.29, 1.82) is 0 Å². The molecule has 180 valence electrons. The minimum Gasteiger partial charge on any atom is -0.367 e. The van der Waals surface area contributed by atoms with Crippen LogP contribution in [0.3, 0.4) is 0 Å². The molecule has 1 spiro atoms. The molecular weight excluding hydrogens is 452 g/mol. The van der Waals surface area contributed by atoms with E-state index in [0.29, 0.717) is 25.6 Å². The number of likely N-dealkylation sites (tertiary alicyclic amines) is 1. The van der Waals surface area contributed by atoms with Crippen LogP contribution in [-0.4, -0.2) is 66.8 Å². The molecule has 34 heavy (non-hydrogen) atoms. The van der Waals surface area contributed by atoms with Gasteiger partial charge >= 0.3 is 6.03 Å². The van der Waals surface area contributed by atoms with Gasteiger partial charge in [-0.05, 0) is 60.7 Å². The van der Waals surface area contributed by atoms with Gasteiger partial charge in [-0.2, -0.15) is 0 Å². The molecule has 1 atom stereocenters. The summed E-state index contributed by atoms with van der Waals surface area (Å²) in [5.41, 5.74) is 2.64. The predicted molar refractivity (Wildman–Crippen MR) is 133 cm³/mol. The van der Waals surface area contributed by atoms with Crippen LogP contribution < -0.4 is 10.2 Å². The zero-order chi connectivity index (χ0) is 23.7. The minimum absolute atomic E-state index is 0.0566. The van der Waals surface area contributed by atoms with E-state index >= 15 is 0 Å². The van der Waals surface area contributed by atoms with E-state index in [0.717, 1.165) is 55.3 Å². The second-order valence-electron chi connectivity index (χ2n) is 9.43. The molecule has 0 bridgehead atoms. The second-order valence-corrected chi connectivity index (χ2v) is 9.86. The largest absolute Gasteiger partial charge is 0.367 e. The highest BCUT2D eigenvalue weighted by atomic mass is 35.5. The Balaban J connectivity index is 1.14. The van der Waals surface area contributed by atoms with E-state index in [-0.39, 0.29) is 11.9 Å². The number of hydrogen-bond acceptors (Lipinski definition) is 4. The quantitative estimate of drug-likeness (QED) is 0.697. The third kappa shape index (κ3) is 4.59. The zero-order valence-corrected chi connectivity index (χ0v) is 20.3. The van der Waals surface area contributed by atoms with E-state index in [1.54, 1.807) is 6.92 Å². The number of urea groups is 1. The predicted octanol–water partition coefficient (Wildman–Crippen LogP) is 4.54. The number of halogens is 1. The number of nitrogens with zero attached hydrogens (tertiary/aromatic N) is 3. The second kappa shape index (κ2) is 9.47. The van der Waals surface area contributed by atoms with Crippen LogP contribution in [0.1, 0.15) is 37.7 Å². The number of amides is 3. The Morgan fingerprint density at radius 2 is 1.71 bits per heavy atom. The SMILES string of the molecule is CC(=O)N1CCOC12CCN(c1ccc(NC(=O)N3CCC(c4ccc(Cl)cc4)CC3)cc1)C2. The number of nitrogens with one attached hydrogen (secondary N) is 1. The third-order valence-corrected chi connectivity index (χ3v) is 7.63. The van der Waals surface area contributed by atoms with Crippen LogP contribution in [0.15, 0.2) is 48.5 Å². The molecule has 3 fully saturated rings. The van der Waals surface area contributed by atoms with Crippen molar-refractivity contribution >= 4 is 34.9 Å². The van der Waals surface area contributed by atoms with Crippen molar-refractivity contribution in [2.75, 3.05) is 49.5 Å². The smallest absolute Gasteiger partial charge is 0.321 e. The number of carbonyl (C=O) groups excluding carboxylic acids is 2. The van der Waals surface area contributed by atoms with Gasteiger partial charge in [0.05, 0.1) is 13.2 Å². The van der Waals surface area contributed by atoms with Crippen molar-refractivity contribution < 1.29 is 14.3 Å². The zero-order valence-electron chi connectivity index (χ0n) is 19.5. The molecule has 1 N–H and O–H groups in total. The maximum absolute atomic E-state index is 12.8. The van der Waals surface area contributed by atoms with E-state index in [1.807, 2.05) is 46.2 Å². The highest BCUT2D eigenvalue weighted by molar-refractivity contribution is 6.30. The molecule has 0 radical (unpaired) electrons. The number of rotatable bonds is 3. The Morgan fingerprint density at radius 3 is 2.38 bits per heavy atom. The van der Waals surface area contributed by atoms with Gasteiger partial charge in [-0.25, -0.2) is 4.79 Å². The van der Waals surface area contributed by atoms with Crippen LogP contribution in [-0.2, 0) is 9.53 Å². The summed E-state index contributed by atoms with van der Waals surface area (Å²) < 4.78 is 6.01. The fourth-order valence-corrected chi connectivity index (χ4v) is 5.61. The van der Waals surface area contributed by atoms with Crippen molar-refractivity contribution in [3.63, 3.8) is 0 Å². The van der Waals surface area contributed by atoms with Gasteiger partial charge in [0.2, 0.25) is 5.91 Å². The van der Waals surface area contributed by atoms with E-state index in [1.165, 1.54) is 5.56 Å². The molecular formula is C26H31ClN4O3. The Hall–Kier alpha value is -2.77. The average molecular weight is 483 g/mol. The molecule has 5 rings (SSSR count). The maximum Gasteiger partial charge on any atom is 0.321 e. The molecule has 3 saturated heterocycles. The summed E-state index contributed by atoms with van der Waals surface area (Å²) in [7, 11) is 0. The highest BCUT2D eigenvalue weighted by Gasteiger charge is 2.48. The van der Waals surface area contributed by atoms with Crippen LogP contribution >= 0.6 is 11.6 Å². The fraction of sp³-hybridized carbons (Fsp3) is 0.462. The monoisotopic (exact) mass is 482 g/mol. The van der Waals surface area contributed by atoms with Crippen molar-refractivity contribution in [1.82, 2.24) is 9.80 Å². The highest BCUT2D eigenvalue weighted by Crippen LogP contribution is 2.36. The number of anilines is 2. The molecule has 3 aliphatic heterocycles. The van der Waals surface area contributed by atoms with E-state index in [4.69, 9.17) is 16.3 Å². The molecule has 8 heteroatoms. The van der Waals surface area contributed by atoms with Gasteiger partial charge in [0.25, 0.3) is 0 Å². The molecule has 2 aromatic rings. The summed E-state index contributed by atoms with van der Waals surface area (Å²) in [5, 5.41) is 3.79. The Bertz CT molecular complexity index is 1040. The first-order valence-corrected chi connectivity index (χ1v) is 12.4. The average Bonchev–Trinajstić information content (AvgIpc) is 3.47. The van der Waals surface area contributed by atoms with Crippen LogP contribution in [0.4, 0.5) is 16.2 Å². The van der Waals surface area contributed by atoms with E-state index in [9.17, 15) is 9.59 Å². The summed E-state index contributed by atoms with van der Waals surface area (Å²) in [6.45, 7) is 5.83. The summed E-state index contributed by atoms with van der Waals surface area (Å²) >= 11 is 6.00. The molecule has 3 aliphatic rings. The Morgan fingerprint density at radius 1 is 1.00 bits per heavy atom. The Labute approximate surface area is 205 Å². The van der Waals surface area contributed by atoms with Gasteiger partial charge in [0, 0.05) is 55.9 Å². The number of piperidine rings is 1. The van der Waals surface area contributed by atoms with Gasteiger partial charge in [0.15, 0.2) is 5.72 Å². The van der Waals surface area contributed by atoms with Crippen LogP contribution in [0, 0.1) is 0 Å². The van der Waals surface area contributed by atoms with Gasteiger partial charge in [-0.1, -0.05) is 23.7 Å². The number of benzene rings is 2. The number of hydrogen-bond donors (Lipinski definition) is 1. The van der Waals surface area contributed by atoms with Crippen molar-refractivity contribution in [3.8, 4) is 0 Å². The molecule has 0 saturated carbocycles. The normalized spacial score (nSPS) is 23.1.